The molecule has 11 heavy (non-hydrogen) atoms. The van der Waals surface area contributed by atoms with E-state index in [-0.39, 0.29) is 0 Å². The Morgan fingerprint density at radius 2 is 2.00 bits per heavy atom. The zero-order valence-corrected chi connectivity index (χ0v) is 7.01. The Morgan fingerprint density at radius 1 is 1.55 bits per heavy atom. The minimum Gasteiger partial charge on any atom is -0.479 e. The van der Waals surface area contributed by atoms with Gasteiger partial charge in [0, 0.05) is 6.42 Å². The molecule has 4 nitrogen and oxygen atoms in total. The average molecular weight is 203 g/mol. The van der Waals surface area contributed by atoms with Crippen LogP contribution in [0.25, 0.3) is 0 Å². The van der Waals surface area contributed by atoms with Crippen molar-refractivity contribution in [1.29, 1.82) is 0 Å². The Labute approximate surface area is 73.3 Å². The third-order valence-electron chi connectivity index (χ3n) is 1.02. The molecule has 0 rings (SSSR count). The summed E-state index contributed by atoms with van der Waals surface area (Å²) in [6.45, 7) is -0.561. The van der Waals surface area contributed by atoms with E-state index in [1.165, 1.54) is 0 Å². The van der Waals surface area contributed by atoms with Crippen molar-refractivity contribution in [3.63, 3.8) is 0 Å². The summed E-state index contributed by atoms with van der Waals surface area (Å²) in [5.41, 5.74) is 0. The fourth-order valence-electron chi connectivity index (χ4n) is 0.448. The highest BCUT2D eigenvalue weighted by Gasteiger charge is 2.35. The predicted molar refractivity (Wildman–Crippen MR) is 39.8 cm³/mol. The third-order valence-corrected chi connectivity index (χ3v) is 1.65. The minimum atomic E-state index is -2.03. The summed E-state index contributed by atoms with van der Waals surface area (Å²) in [5, 5.41) is 25.4. The van der Waals surface area contributed by atoms with Gasteiger partial charge in [0.2, 0.25) is 4.33 Å². The Bertz CT molecular complexity index is 147. The molecule has 3 N–H and O–H groups in total. The Hall–Kier alpha value is -0.0300. The molecule has 6 heteroatoms. The number of rotatable bonds is 4. The van der Waals surface area contributed by atoms with E-state index < -0.39 is 29.4 Å². The first-order valence-electron chi connectivity index (χ1n) is 2.80. The summed E-state index contributed by atoms with van der Waals surface area (Å²) >= 11 is 10.5. The molecule has 0 fully saturated rings. The number of carboxylic acids is 1. The van der Waals surface area contributed by atoms with Crippen LogP contribution in [0.15, 0.2) is 0 Å². The normalized spacial score (nSPS) is 14.5. The van der Waals surface area contributed by atoms with Gasteiger partial charge in [-0.1, -0.05) is 23.2 Å². The van der Waals surface area contributed by atoms with E-state index in [0.717, 1.165) is 0 Å². The van der Waals surface area contributed by atoms with Crippen LogP contribution in [-0.2, 0) is 4.79 Å². The second-order valence-corrected chi connectivity index (χ2v) is 3.53. The van der Waals surface area contributed by atoms with Gasteiger partial charge in [-0.3, -0.25) is 0 Å². The summed E-state index contributed by atoms with van der Waals surface area (Å²) in [4.78, 5) is 10.2. The molecule has 0 amide bonds. The standard InChI is InChI=1S/C5H8Cl2O4/c6-5(7,4(10)11)1-3(9)2-8/h3,8-9H,1-2H2,(H,10,11). The zero-order chi connectivity index (χ0) is 9.07. The molecule has 0 spiro atoms. The van der Waals surface area contributed by atoms with E-state index in [9.17, 15) is 4.79 Å². The lowest BCUT2D eigenvalue weighted by molar-refractivity contribution is -0.138. The Balaban J connectivity index is 4.01. The van der Waals surface area contributed by atoms with E-state index in [1.807, 2.05) is 0 Å². The summed E-state index contributed by atoms with van der Waals surface area (Å²) < 4.78 is -2.03. The number of aliphatic hydroxyl groups excluding tert-OH is 2. The second kappa shape index (κ2) is 4.11. The molecule has 0 saturated heterocycles. The summed E-state index contributed by atoms with van der Waals surface area (Å²) in [6.07, 6.45) is -1.61. The van der Waals surface area contributed by atoms with Gasteiger partial charge in [0.25, 0.3) is 0 Å². The molecular formula is C5H8Cl2O4. The van der Waals surface area contributed by atoms with E-state index in [0.29, 0.717) is 0 Å². The fourth-order valence-corrected chi connectivity index (χ4v) is 0.804. The first kappa shape index (κ1) is 11.0. The van der Waals surface area contributed by atoms with Gasteiger partial charge in [-0.15, -0.1) is 0 Å². The van der Waals surface area contributed by atoms with E-state index in [4.69, 9.17) is 38.5 Å². The van der Waals surface area contributed by atoms with Crippen molar-refractivity contribution in [2.45, 2.75) is 16.9 Å². The molecule has 0 radical (unpaired) electrons. The maximum atomic E-state index is 10.2. The first-order valence-corrected chi connectivity index (χ1v) is 3.56. The second-order valence-electron chi connectivity index (χ2n) is 2.05. The van der Waals surface area contributed by atoms with Crippen LogP contribution in [0.3, 0.4) is 0 Å². The highest BCUT2D eigenvalue weighted by molar-refractivity contribution is 6.57. The molecule has 0 heterocycles. The third kappa shape index (κ3) is 3.76. The molecule has 0 aromatic carbocycles. The van der Waals surface area contributed by atoms with Gasteiger partial charge in [-0.05, 0) is 0 Å². The highest BCUT2D eigenvalue weighted by atomic mass is 35.5. The van der Waals surface area contributed by atoms with E-state index in [2.05, 4.69) is 0 Å². The van der Waals surface area contributed by atoms with E-state index >= 15 is 0 Å². The predicted octanol–water partition coefficient (Wildman–Crippen LogP) is -0.0118. The van der Waals surface area contributed by atoms with Crippen molar-refractivity contribution in [3.8, 4) is 0 Å². The molecule has 0 aliphatic rings. The lowest BCUT2D eigenvalue weighted by Gasteiger charge is -2.16. The van der Waals surface area contributed by atoms with Crippen molar-refractivity contribution in [1.82, 2.24) is 0 Å². The number of aliphatic hydroxyl groups is 2. The molecule has 0 aliphatic heterocycles. The summed E-state index contributed by atoms with van der Waals surface area (Å²) in [6, 6.07) is 0. The van der Waals surface area contributed by atoms with Gasteiger partial charge in [0.1, 0.15) is 0 Å². The monoisotopic (exact) mass is 202 g/mol. The highest BCUT2D eigenvalue weighted by Crippen LogP contribution is 2.26. The van der Waals surface area contributed by atoms with Crippen LogP contribution in [0.4, 0.5) is 0 Å². The van der Waals surface area contributed by atoms with Crippen molar-refractivity contribution >= 4 is 29.2 Å². The SMILES string of the molecule is O=C(O)C(Cl)(Cl)CC(O)CO. The summed E-state index contributed by atoms with van der Waals surface area (Å²) in [5.74, 6) is -1.44. The van der Waals surface area contributed by atoms with Gasteiger partial charge >= 0.3 is 5.97 Å². The fraction of sp³-hybridized carbons (Fsp3) is 0.800. The van der Waals surface area contributed by atoms with Crippen LogP contribution in [-0.4, -0.2) is 38.3 Å². The number of hydrogen-bond acceptors (Lipinski definition) is 3. The molecular weight excluding hydrogens is 195 g/mol. The largest absolute Gasteiger partial charge is 0.479 e. The van der Waals surface area contributed by atoms with Gasteiger partial charge in [0.15, 0.2) is 0 Å². The molecule has 0 saturated carbocycles. The molecule has 1 atom stereocenters. The average Bonchev–Trinajstić information content (AvgIpc) is 1.86. The van der Waals surface area contributed by atoms with Crippen molar-refractivity contribution in [2.75, 3.05) is 6.61 Å². The molecule has 0 bridgehead atoms. The van der Waals surface area contributed by atoms with Gasteiger partial charge in [-0.25, -0.2) is 4.79 Å². The van der Waals surface area contributed by atoms with E-state index in [1.54, 1.807) is 0 Å². The molecule has 0 aromatic rings. The van der Waals surface area contributed by atoms with Crippen LogP contribution in [0.5, 0.6) is 0 Å². The van der Waals surface area contributed by atoms with Gasteiger partial charge < -0.3 is 15.3 Å². The topological polar surface area (TPSA) is 77.8 Å². The quantitative estimate of drug-likeness (QED) is 0.561. The molecule has 1 unspecified atom stereocenters. The minimum absolute atomic E-state index is 0.401. The maximum Gasteiger partial charge on any atom is 0.340 e. The number of carboxylic acid groups (broad SMARTS) is 1. The van der Waals surface area contributed by atoms with Crippen LogP contribution >= 0.6 is 23.2 Å². The smallest absolute Gasteiger partial charge is 0.340 e. The van der Waals surface area contributed by atoms with Gasteiger partial charge in [-0.2, -0.15) is 0 Å². The molecule has 0 aromatic heterocycles. The summed E-state index contributed by atoms with van der Waals surface area (Å²) in [7, 11) is 0. The van der Waals surface area contributed by atoms with Crippen LogP contribution in [0.1, 0.15) is 6.42 Å². The number of alkyl halides is 2. The lowest BCUT2D eigenvalue weighted by Crippen LogP contribution is -2.32. The number of halogens is 2. The molecule has 0 aliphatic carbocycles. The van der Waals surface area contributed by atoms with Crippen LogP contribution in [0, 0.1) is 0 Å². The van der Waals surface area contributed by atoms with Crippen LogP contribution in [0.2, 0.25) is 0 Å². The zero-order valence-electron chi connectivity index (χ0n) is 5.50. The first-order chi connectivity index (χ1) is 4.90. The lowest BCUT2D eigenvalue weighted by atomic mass is 10.2. The molecule has 66 valence electrons. The van der Waals surface area contributed by atoms with Crippen molar-refractivity contribution in [3.05, 3.63) is 0 Å². The maximum absolute atomic E-state index is 10.2. The van der Waals surface area contributed by atoms with Gasteiger partial charge in [0.05, 0.1) is 12.7 Å². The number of aliphatic carboxylic acids is 1. The Morgan fingerprint density at radius 3 is 2.27 bits per heavy atom. The van der Waals surface area contributed by atoms with Crippen molar-refractivity contribution < 1.29 is 20.1 Å². The number of carbonyl (C=O) groups is 1. The van der Waals surface area contributed by atoms with Crippen molar-refractivity contribution in [2.24, 2.45) is 0 Å². The van der Waals surface area contributed by atoms with Crippen LogP contribution < -0.4 is 0 Å². The number of hydrogen-bond donors (Lipinski definition) is 3. The Kier molecular flexibility index (Phi) is 4.10.